The lowest BCUT2D eigenvalue weighted by Crippen LogP contribution is -2.12. The molecular formula is C10H15Cl2N3O2. The summed E-state index contributed by atoms with van der Waals surface area (Å²) in [5, 5.41) is 0.677. The van der Waals surface area contributed by atoms with Gasteiger partial charge in [-0.1, -0.05) is 30.1 Å². The highest BCUT2D eigenvalue weighted by Gasteiger charge is 2.09. The average molecular weight is 280 g/mol. The highest BCUT2D eigenvalue weighted by atomic mass is 35.5. The monoisotopic (exact) mass is 279 g/mol. The van der Waals surface area contributed by atoms with Crippen molar-refractivity contribution in [1.82, 2.24) is 4.98 Å². The van der Waals surface area contributed by atoms with Crippen LogP contribution in [0.1, 0.15) is 13.3 Å². The van der Waals surface area contributed by atoms with Crippen LogP contribution >= 0.6 is 23.2 Å². The molecule has 5 nitrogen and oxygen atoms in total. The van der Waals surface area contributed by atoms with Crippen molar-refractivity contribution in [3.05, 3.63) is 16.1 Å². The van der Waals surface area contributed by atoms with E-state index in [4.69, 9.17) is 38.5 Å². The smallest absolute Gasteiger partial charge is 0.234 e. The molecule has 0 unspecified atom stereocenters. The van der Waals surface area contributed by atoms with E-state index in [1.807, 2.05) is 6.92 Å². The summed E-state index contributed by atoms with van der Waals surface area (Å²) < 4.78 is 10.6. The molecule has 1 aromatic heterocycles. The van der Waals surface area contributed by atoms with Gasteiger partial charge in [-0.3, -0.25) is 0 Å². The molecular weight excluding hydrogens is 265 g/mol. The van der Waals surface area contributed by atoms with Crippen LogP contribution in [0, 0.1) is 0 Å². The van der Waals surface area contributed by atoms with Gasteiger partial charge in [-0.25, -0.2) is 5.84 Å². The lowest BCUT2D eigenvalue weighted by atomic mass is 10.4. The Morgan fingerprint density at radius 3 is 2.71 bits per heavy atom. The van der Waals surface area contributed by atoms with Gasteiger partial charge in [-0.15, -0.1) is 0 Å². The van der Waals surface area contributed by atoms with E-state index in [9.17, 15) is 0 Å². The third-order valence-corrected chi connectivity index (χ3v) is 2.41. The second-order valence-corrected chi connectivity index (χ2v) is 4.03. The van der Waals surface area contributed by atoms with Gasteiger partial charge in [0.25, 0.3) is 0 Å². The first-order valence-corrected chi connectivity index (χ1v) is 5.97. The van der Waals surface area contributed by atoms with E-state index in [-0.39, 0.29) is 5.88 Å². The van der Waals surface area contributed by atoms with Crippen LogP contribution in [0.4, 0.5) is 5.82 Å². The van der Waals surface area contributed by atoms with Crippen molar-refractivity contribution in [3.8, 4) is 5.88 Å². The normalized spacial score (nSPS) is 10.4. The van der Waals surface area contributed by atoms with Crippen molar-refractivity contribution in [2.75, 3.05) is 25.2 Å². The zero-order valence-corrected chi connectivity index (χ0v) is 11.0. The van der Waals surface area contributed by atoms with Gasteiger partial charge < -0.3 is 14.9 Å². The van der Waals surface area contributed by atoms with E-state index in [1.54, 1.807) is 0 Å². The molecule has 0 aromatic carbocycles. The van der Waals surface area contributed by atoms with Crippen molar-refractivity contribution in [2.24, 2.45) is 5.84 Å². The van der Waals surface area contributed by atoms with Gasteiger partial charge in [-0.05, 0) is 12.5 Å². The molecule has 96 valence electrons. The maximum Gasteiger partial charge on any atom is 0.234 e. The zero-order valence-electron chi connectivity index (χ0n) is 9.50. The summed E-state index contributed by atoms with van der Waals surface area (Å²) >= 11 is 11.8. The first kappa shape index (κ1) is 14.3. The third kappa shape index (κ3) is 4.55. The Labute approximate surface area is 110 Å². The van der Waals surface area contributed by atoms with Gasteiger partial charge in [0, 0.05) is 6.61 Å². The molecule has 17 heavy (non-hydrogen) atoms. The average Bonchev–Trinajstić information content (AvgIpc) is 2.31. The summed E-state index contributed by atoms with van der Waals surface area (Å²) in [6, 6.07) is 1.52. The van der Waals surface area contributed by atoms with Crippen LogP contribution in [0.2, 0.25) is 10.0 Å². The maximum absolute atomic E-state index is 5.92. The highest BCUT2D eigenvalue weighted by molar-refractivity contribution is 6.36. The molecule has 1 heterocycles. The minimum Gasteiger partial charge on any atom is -0.474 e. The lowest BCUT2D eigenvalue weighted by Gasteiger charge is -2.10. The van der Waals surface area contributed by atoms with Crippen LogP contribution in [0.5, 0.6) is 5.88 Å². The van der Waals surface area contributed by atoms with Crippen LogP contribution in [0.15, 0.2) is 6.07 Å². The van der Waals surface area contributed by atoms with E-state index >= 15 is 0 Å². The van der Waals surface area contributed by atoms with Gasteiger partial charge in [0.1, 0.15) is 11.6 Å². The van der Waals surface area contributed by atoms with E-state index in [0.29, 0.717) is 35.7 Å². The Morgan fingerprint density at radius 2 is 2.06 bits per heavy atom. The Kier molecular flexibility index (Phi) is 6.36. The molecule has 3 N–H and O–H groups in total. The number of hydrogen-bond acceptors (Lipinski definition) is 5. The fourth-order valence-electron chi connectivity index (χ4n) is 1.10. The topological polar surface area (TPSA) is 69.4 Å². The quantitative estimate of drug-likeness (QED) is 0.456. The summed E-state index contributed by atoms with van der Waals surface area (Å²) in [5.74, 6) is 5.85. The predicted molar refractivity (Wildman–Crippen MR) is 68.7 cm³/mol. The number of nitrogen functional groups attached to an aromatic ring is 1. The van der Waals surface area contributed by atoms with Gasteiger partial charge in [0.05, 0.1) is 11.6 Å². The number of pyridine rings is 1. The molecule has 0 aliphatic carbocycles. The maximum atomic E-state index is 5.92. The van der Waals surface area contributed by atoms with Gasteiger partial charge in [-0.2, -0.15) is 4.98 Å². The van der Waals surface area contributed by atoms with Crippen LogP contribution in [0.3, 0.4) is 0 Å². The second kappa shape index (κ2) is 7.55. The summed E-state index contributed by atoms with van der Waals surface area (Å²) in [7, 11) is 0. The largest absolute Gasteiger partial charge is 0.474 e. The SMILES string of the molecule is CCCOCCOc1nc(NN)c(Cl)cc1Cl. The number of nitrogens with one attached hydrogen (secondary N) is 1. The van der Waals surface area contributed by atoms with E-state index in [0.717, 1.165) is 6.42 Å². The number of nitrogens with zero attached hydrogens (tertiary/aromatic N) is 1. The minimum atomic E-state index is 0.282. The number of nitrogens with two attached hydrogens (primary N) is 1. The number of ether oxygens (including phenoxy) is 2. The molecule has 0 saturated carbocycles. The fourth-order valence-corrected chi connectivity index (χ4v) is 1.56. The predicted octanol–water partition coefficient (Wildman–Crippen LogP) is 2.48. The molecule has 0 fully saturated rings. The third-order valence-electron chi connectivity index (χ3n) is 1.85. The Hall–Kier alpha value is -0.750. The van der Waals surface area contributed by atoms with Gasteiger partial charge in [0.2, 0.25) is 5.88 Å². The first-order chi connectivity index (χ1) is 8.19. The fraction of sp³-hybridized carbons (Fsp3) is 0.500. The Bertz CT molecular complexity index is 364. The molecule has 1 aromatic rings. The van der Waals surface area contributed by atoms with Crippen molar-refractivity contribution in [1.29, 1.82) is 0 Å². The summed E-state index contributed by atoms with van der Waals surface area (Å²) in [4.78, 5) is 4.03. The summed E-state index contributed by atoms with van der Waals surface area (Å²) in [6.07, 6.45) is 0.973. The van der Waals surface area contributed by atoms with E-state index in [2.05, 4.69) is 10.4 Å². The first-order valence-electron chi connectivity index (χ1n) is 5.22. The molecule has 0 aliphatic heterocycles. The standard InChI is InChI=1S/C10H15Cl2N3O2/c1-2-3-16-4-5-17-10-8(12)6-7(11)9(14-10)15-13/h6H,2-5,13H2,1H3,(H,14,15). The van der Waals surface area contributed by atoms with Crippen LogP contribution in [-0.2, 0) is 4.74 Å². The lowest BCUT2D eigenvalue weighted by molar-refractivity contribution is 0.0991. The molecule has 0 atom stereocenters. The number of rotatable bonds is 7. The molecule has 0 amide bonds. The van der Waals surface area contributed by atoms with Crippen molar-refractivity contribution in [2.45, 2.75) is 13.3 Å². The van der Waals surface area contributed by atoms with Crippen LogP contribution < -0.4 is 16.0 Å². The Balaban J connectivity index is 2.52. The number of aromatic nitrogens is 1. The molecule has 0 spiro atoms. The number of hydrogen-bond donors (Lipinski definition) is 2. The Morgan fingerprint density at radius 1 is 1.29 bits per heavy atom. The van der Waals surface area contributed by atoms with Gasteiger partial charge in [0.15, 0.2) is 5.82 Å². The van der Waals surface area contributed by atoms with Gasteiger partial charge >= 0.3 is 0 Å². The van der Waals surface area contributed by atoms with E-state index < -0.39 is 0 Å². The number of anilines is 1. The highest BCUT2D eigenvalue weighted by Crippen LogP contribution is 2.30. The molecule has 7 heteroatoms. The molecule has 0 aliphatic rings. The van der Waals surface area contributed by atoms with Crippen molar-refractivity contribution < 1.29 is 9.47 Å². The van der Waals surface area contributed by atoms with Crippen LogP contribution in [-0.4, -0.2) is 24.8 Å². The van der Waals surface area contributed by atoms with Crippen molar-refractivity contribution >= 4 is 29.0 Å². The van der Waals surface area contributed by atoms with Crippen molar-refractivity contribution in [3.63, 3.8) is 0 Å². The number of halogens is 2. The minimum absolute atomic E-state index is 0.282. The molecule has 0 saturated heterocycles. The molecule has 1 rings (SSSR count). The molecule has 0 bridgehead atoms. The van der Waals surface area contributed by atoms with Crippen LogP contribution in [0.25, 0.3) is 0 Å². The number of hydrazine groups is 1. The van der Waals surface area contributed by atoms with E-state index in [1.165, 1.54) is 6.07 Å². The second-order valence-electron chi connectivity index (χ2n) is 3.21. The summed E-state index contributed by atoms with van der Waals surface area (Å²) in [5.41, 5.74) is 2.36. The molecule has 0 radical (unpaired) electrons. The summed E-state index contributed by atoms with van der Waals surface area (Å²) in [6.45, 7) is 3.61. The zero-order chi connectivity index (χ0) is 12.7.